The number of methoxy groups -OCH3 is 1. The highest BCUT2D eigenvalue weighted by atomic mass is 16.5. The Morgan fingerprint density at radius 3 is 3.00 bits per heavy atom. The second kappa shape index (κ2) is 3.88. The van der Waals surface area contributed by atoms with Crippen LogP contribution in [0.15, 0.2) is 24.3 Å². The molecule has 0 aromatic heterocycles. The third kappa shape index (κ3) is 1.82. The summed E-state index contributed by atoms with van der Waals surface area (Å²) in [6.45, 7) is 2.00. The predicted octanol–water partition coefficient (Wildman–Crippen LogP) is 1.23. The average Bonchev–Trinajstić information content (AvgIpc) is 2.65. The molecular formula is C11H16N2O. The largest absolute Gasteiger partial charge is 0.497 e. The summed E-state index contributed by atoms with van der Waals surface area (Å²) in [5, 5.41) is 0. The summed E-state index contributed by atoms with van der Waals surface area (Å²) in [6, 6.07) is 8.44. The molecule has 1 aromatic rings. The van der Waals surface area contributed by atoms with E-state index in [4.69, 9.17) is 10.5 Å². The Kier molecular flexibility index (Phi) is 2.59. The lowest BCUT2D eigenvalue weighted by atomic mass is 10.3. The lowest BCUT2D eigenvalue weighted by molar-refractivity contribution is 0.415. The maximum absolute atomic E-state index is 5.86. The quantitative estimate of drug-likeness (QED) is 0.766. The topological polar surface area (TPSA) is 38.5 Å². The molecule has 2 N–H and O–H groups in total. The van der Waals surface area contributed by atoms with E-state index < -0.39 is 0 Å². The minimum Gasteiger partial charge on any atom is -0.497 e. The molecule has 1 aliphatic heterocycles. The molecular weight excluding hydrogens is 176 g/mol. The Balaban J connectivity index is 2.15. The summed E-state index contributed by atoms with van der Waals surface area (Å²) in [4.78, 5) is 2.30. The summed E-state index contributed by atoms with van der Waals surface area (Å²) in [7, 11) is 1.69. The Labute approximate surface area is 84.5 Å². The fraction of sp³-hybridized carbons (Fsp3) is 0.455. The molecule has 3 nitrogen and oxygen atoms in total. The van der Waals surface area contributed by atoms with Gasteiger partial charge in [-0.15, -0.1) is 0 Å². The molecule has 0 saturated carbocycles. The third-order valence-corrected chi connectivity index (χ3v) is 2.64. The predicted molar refractivity (Wildman–Crippen MR) is 57.8 cm³/mol. The van der Waals surface area contributed by atoms with E-state index in [1.807, 2.05) is 12.1 Å². The van der Waals surface area contributed by atoms with Crippen molar-refractivity contribution in [3.63, 3.8) is 0 Å². The molecule has 0 amide bonds. The van der Waals surface area contributed by atoms with Gasteiger partial charge in [-0.05, 0) is 18.6 Å². The number of hydrogen-bond donors (Lipinski definition) is 1. The standard InChI is InChI=1S/C11H16N2O/c1-14-11-4-2-3-10(7-11)13-6-5-9(12)8-13/h2-4,7,9H,5-6,8,12H2,1H3/t9-/m0/s1. The Hall–Kier alpha value is -1.22. The Morgan fingerprint density at radius 1 is 1.50 bits per heavy atom. The molecule has 0 spiro atoms. The van der Waals surface area contributed by atoms with Crippen molar-refractivity contribution in [3.8, 4) is 5.75 Å². The monoisotopic (exact) mass is 192 g/mol. The van der Waals surface area contributed by atoms with Crippen LogP contribution in [0.3, 0.4) is 0 Å². The van der Waals surface area contributed by atoms with E-state index in [1.54, 1.807) is 7.11 Å². The van der Waals surface area contributed by atoms with Gasteiger partial charge in [-0.1, -0.05) is 6.07 Å². The molecule has 3 heteroatoms. The normalized spacial score (nSPS) is 21.3. The summed E-state index contributed by atoms with van der Waals surface area (Å²) < 4.78 is 5.18. The molecule has 1 atom stereocenters. The van der Waals surface area contributed by atoms with E-state index in [0.717, 1.165) is 25.3 Å². The minimum absolute atomic E-state index is 0.321. The van der Waals surface area contributed by atoms with Crippen LogP contribution in [0, 0.1) is 0 Å². The van der Waals surface area contributed by atoms with Crippen molar-refractivity contribution in [2.45, 2.75) is 12.5 Å². The molecule has 0 bridgehead atoms. The molecule has 14 heavy (non-hydrogen) atoms. The number of hydrogen-bond acceptors (Lipinski definition) is 3. The number of nitrogens with two attached hydrogens (primary N) is 1. The lowest BCUT2D eigenvalue weighted by Gasteiger charge is -2.18. The van der Waals surface area contributed by atoms with Crippen LogP contribution in [0.2, 0.25) is 0 Å². The molecule has 1 saturated heterocycles. The molecule has 1 fully saturated rings. The van der Waals surface area contributed by atoms with Gasteiger partial charge in [-0.2, -0.15) is 0 Å². The van der Waals surface area contributed by atoms with Crippen LogP contribution in [0.4, 0.5) is 5.69 Å². The van der Waals surface area contributed by atoms with Crippen molar-refractivity contribution in [2.75, 3.05) is 25.1 Å². The molecule has 1 heterocycles. The van der Waals surface area contributed by atoms with Crippen LogP contribution in [0.1, 0.15) is 6.42 Å². The van der Waals surface area contributed by atoms with Gasteiger partial charge in [0.1, 0.15) is 5.75 Å². The average molecular weight is 192 g/mol. The molecule has 2 rings (SSSR count). The van der Waals surface area contributed by atoms with Crippen molar-refractivity contribution >= 4 is 5.69 Å². The zero-order valence-corrected chi connectivity index (χ0v) is 8.44. The van der Waals surface area contributed by atoms with Crippen molar-refractivity contribution in [1.82, 2.24) is 0 Å². The first-order chi connectivity index (χ1) is 6.79. The highest BCUT2D eigenvalue weighted by molar-refractivity contribution is 5.51. The zero-order chi connectivity index (χ0) is 9.97. The van der Waals surface area contributed by atoms with Crippen LogP contribution in [-0.4, -0.2) is 26.2 Å². The second-order valence-corrected chi connectivity index (χ2v) is 3.70. The number of ether oxygens (including phenoxy) is 1. The SMILES string of the molecule is COc1cccc(N2CC[C@H](N)C2)c1. The molecule has 0 unspecified atom stereocenters. The van der Waals surface area contributed by atoms with Gasteiger partial charge in [-0.3, -0.25) is 0 Å². The molecule has 76 valence electrons. The zero-order valence-electron chi connectivity index (χ0n) is 8.44. The second-order valence-electron chi connectivity index (χ2n) is 3.70. The fourth-order valence-corrected chi connectivity index (χ4v) is 1.83. The highest BCUT2D eigenvalue weighted by Gasteiger charge is 2.19. The molecule has 1 aliphatic rings. The molecule has 1 aromatic carbocycles. The van der Waals surface area contributed by atoms with Gasteiger partial charge >= 0.3 is 0 Å². The van der Waals surface area contributed by atoms with Crippen LogP contribution >= 0.6 is 0 Å². The molecule has 0 aliphatic carbocycles. The lowest BCUT2D eigenvalue weighted by Crippen LogP contribution is -2.26. The van der Waals surface area contributed by atoms with Crippen molar-refractivity contribution < 1.29 is 4.74 Å². The van der Waals surface area contributed by atoms with E-state index >= 15 is 0 Å². The van der Waals surface area contributed by atoms with Gasteiger partial charge in [0.05, 0.1) is 7.11 Å². The van der Waals surface area contributed by atoms with Crippen molar-refractivity contribution in [1.29, 1.82) is 0 Å². The summed E-state index contributed by atoms with van der Waals surface area (Å²) >= 11 is 0. The van der Waals surface area contributed by atoms with E-state index in [-0.39, 0.29) is 0 Å². The summed E-state index contributed by atoms with van der Waals surface area (Å²) in [5.74, 6) is 0.906. The first kappa shape index (κ1) is 9.34. The number of rotatable bonds is 2. The van der Waals surface area contributed by atoms with Crippen molar-refractivity contribution in [3.05, 3.63) is 24.3 Å². The van der Waals surface area contributed by atoms with Gasteiger partial charge in [0.15, 0.2) is 0 Å². The minimum atomic E-state index is 0.321. The van der Waals surface area contributed by atoms with E-state index in [2.05, 4.69) is 17.0 Å². The van der Waals surface area contributed by atoms with E-state index in [0.29, 0.717) is 6.04 Å². The van der Waals surface area contributed by atoms with Crippen LogP contribution in [0.5, 0.6) is 5.75 Å². The van der Waals surface area contributed by atoms with Gasteiger partial charge in [0.2, 0.25) is 0 Å². The number of anilines is 1. The fourth-order valence-electron chi connectivity index (χ4n) is 1.83. The van der Waals surface area contributed by atoms with Crippen LogP contribution in [0.25, 0.3) is 0 Å². The van der Waals surface area contributed by atoms with E-state index in [1.165, 1.54) is 5.69 Å². The summed E-state index contributed by atoms with van der Waals surface area (Å²) in [6.07, 6.45) is 1.08. The Bertz CT molecular complexity index is 314. The Morgan fingerprint density at radius 2 is 2.36 bits per heavy atom. The highest BCUT2D eigenvalue weighted by Crippen LogP contribution is 2.23. The van der Waals surface area contributed by atoms with Gasteiger partial charge in [-0.25, -0.2) is 0 Å². The van der Waals surface area contributed by atoms with Gasteiger partial charge in [0, 0.05) is 30.9 Å². The van der Waals surface area contributed by atoms with E-state index in [9.17, 15) is 0 Å². The summed E-state index contributed by atoms with van der Waals surface area (Å²) in [5.41, 5.74) is 7.07. The van der Waals surface area contributed by atoms with Gasteiger partial charge in [0.25, 0.3) is 0 Å². The molecule has 0 radical (unpaired) electrons. The van der Waals surface area contributed by atoms with Gasteiger partial charge < -0.3 is 15.4 Å². The third-order valence-electron chi connectivity index (χ3n) is 2.64. The smallest absolute Gasteiger partial charge is 0.120 e. The number of nitrogens with zero attached hydrogens (tertiary/aromatic N) is 1. The first-order valence-corrected chi connectivity index (χ1v) is 4.94. The first-order valence-electron chi connectivity index (χ1n) is 4.94. The van der Waals surface area contributed by atoms with Crippen molar-refractivity contribution in [2.24, 2.45) is 5.73 Å². The van der Waals surface area contributed by atoms with Crippen LogP contribution < -0.4 is 15.4 Å². The van der Waals surface area contributed by atoms with Crippen LogP contribution in [-0.2, 0) is 0 Å². The maximum Gasteiger partial charge on any atom is 0.120 e. The number of benzene rings is 1. The maximum atomic E-state index is 5.86.